The number of amides is 2. The Morgan fingerprint density at radius 3 is 2.67 bits per heavy atom. The Kier molecular flexibility index (Phi) is 6.01. The lowest BCUT2D eigenvalue weighted by molar-refractivity contribution is -0.137. The molecule has 2 saturated heterocycles. The minimum atomic E-state index is -4.36. The van der Waals surface area contributed by atoms with Crippen molar-refractivity contribution in [1.82, 2.24) is 21.1 Å². The fourth-order valence-electron chi connectivity index (χ4n) is 3.56. The SMILES string of the molecule is O=C1CC(N2CCCC(C(=O)NCc3ccc(C(F)(F)F)cc3)C2)CNN1. The number of benzene rings is 1. The third-order valence-electron chi connectivity index (χ3n) is 5.07. The predicted octanol–water partition coefficient (Wildman–Crippen LogP) is 1.43. The molecule has 2 fully saturated rings. The van der Waals surface area contributed by atoms with E-state index in [1.165, 1.54) is 12.1 Å². The Balaban J connectivity index is 1.51. The summed E-state index contributed by atoms with van der Waals surface area (Å²) in [5.41, 5.74) is 5.36. The van der Waals surface area contributed by atoms with E-state index in [2.05, 4.69) is 21.1 Å². The monoisotopic (exact) mass is 384 g/mol. The molecule has 3 N–H and O–H groups in total. The third kappa shape index (κ3) is 5.20. The first kappa shape index (κ1) is 19.6. The normalized spacial score (nSPS) is 24.3. The molecule has 3 rings (SSSR count). The van der Waals surface area contributed by atoms with Crippen LogP contribution in [0.4, 0.5) is 13.2 Å². The van der Waals surface area contributed by atoms with Crippen LogP contribution in [0.15, 0.2) is 24.3 Å². The molecule has 2 heterocycles. The highest BCUT2D eigenvalue weighted by molar-refractivity contribution is 5.79. The first-order valence-corrected chi connectivity index (χ1v) is 9.02. The lowest BCUT2D eigenvalue weighted by atomic mass is 9.94. The summed E-state index contributed by atoms with van der Waals surface area (Å²) in [6, 6.07) is 4.87. The van der Waals surface area contributed by atoms with Crippen LogP contribution in [0.25, 0.3) is 0 Å². The fraction of sp³-hybridized carbons (Fsp3) is 0.556. The first-order chi connectivity index (χ1) is 12.8. The molecular weight excluding hydrogens is 361 g/mol. The van der Waals surface area contributed by atoms with Gasteiger partial charge in [0.25, 0.3) is 0 Å². The zero-order chi connectivity index (χ0) is 19.4. The number of alkyl halides is 3. The molecule has 0 radical (unpaired) electrons. The van der Waals surface area contributed by atoms with Gasteiger partial charge in [-0.3, -0.25) is 19.9 Å². The molecule has 6 nitrogen and oxygen atoms in total. The standard InChI is InChI=1S/C18H23F3N4O2/c19-18(20,21)14-5-3-12(4-6-14)9-22-17(27)13-2-1-7-25(11-13)15-8-16(26)24-23-10-15/h3-6,13,15,23H,1-2,7-11H2,(H,22,27)(H,24,26). The summed E-state index contributed by atoms with van der Waals surface area (Å²) >= 11 is 0. The molecule has 2 amide bonds. The van der Waals surface area contributed by atoms with Crippen LogP contribution >= 0.6 is 0 Å². The van der Waals surface area contributed by atoms with Crippen molar-refractivity contribution in [3.05, 3.63) is 35.4 Å². The molecule has 0 aliphatic carbocycles. The molecule has 2 unspecified atom stereocenters. The van der Waals surface area contributed by atoms with E-state index >= 15 is 0 Å². The quantitative estimate of drug-likeness (QED) is 0.734. The number of rotatable bonds is 4. The molecule has 2 aliphatic heterocycles. The van der Waals surface area contributed by atoms with E-state index in [0.29, 0.717) is 25.1 Å². The van der Waals surface area contributed by atoms with Gasteiger partial charge < -0.3 is 5.32 Å². The van der Waals surface area contributed by atoms with Crippen LogP contribution in [0.2, 0.25) is 0 Å². The number of hydrogen-bond acceptors (Lipinski definition) is 4. The largest absolute Gasteiger partial charge is 0.416 e. The van der Waals surface area contributed by atoms with Crippen molar-refractivity contribution in [2.45, 2.75) is 38.0 Å². The fourth-order valence-corrected chi connectivity index (χ4v) is 3.56. The van der Waals surface area contributed by atoms with Gasteiger partial charge in [0, 0.05) is 32.1 Å². The highest BCUT2D eigenvalue weighted by atomic mass is 19.4. The van der Waals surface area contributed by atoms with Gasteiger partial charge in [-0.2, -0.15) is 13.2 Å². The van der Waals surface area contributed by atoms with Gasteiger partial charge in [0.1, 0.15) is 0 Å². The maximum Gasteiger partial charge on any atom is 0.416 e. The minimum Gasteiger partial charge on any atom is -0.352 e. The number of carbonyl (C=O) groups excluding carboxylic acids is 2. The summed E-state index contributed by atoms with van der Waals surface area (Å²) in [7, 11) is 0. The highest BCUT2D eigenvalue weighted by Crippen LogP contribution is 2.29. The third-order valence-corrected chi connectivity index (χ3v) is 5.07. The number of hydrogen-bond donors (Lipinski definition) is 3. The van der Waals surface area contributed by atoms with Crippen LogP contribution in [-0.2, 0) is 22.3 Å². The van der Waals surface area contributed by atoms with Crippen molar-refractivity contribution in [3.8, 4) is 0 Å². The maximum atomic E-state index is 12.6. The molecule has 0 bridgehead atoms. The van der Waals surface area contributed by atoms with E-state index in [0.717, 1.165) is 31.5 Å². The average Bonchev–Trinajstić information content (AvgIpc) is 2.66. The van der Waals surface area contributed by atoms with Gasteiger partial charge in [-0.15, -0.1) is 0 Å². The molecule has 148 valence electrons. The van der Waals surface area contributed by atoms with Gasteiger partial charge >= 0.3 is 6.18 Å². The van der Waals surface area contributed by atoms with Gasteiger partial charge in [0.05, 0.1) is 11.5 Å². The Morgan fingerprint density at radius 1 is 1.26 bits per heavy atom. The minimum absolute atomic E-state index is 0.0554. The molecule has 27 heavy (non-hydrogen) atoms. The van der Waals surface area contributed by atoms with E-state index in [4.69, 9.17) is 0 Å². The van der Waals surface area contributed by atoms with Gasteiger partial charge in [-0.1, -0.05) is 12.1 Å². The number of nitrogens with zero attached hydrogens (tertiary/aromatic N) is 1. The van der Waals surface area contributed by atoms with Crippen molar-refractivity contribution in [2.75, 3.05) is 19.6 Å². The van der Waals surface area contributed by atoms with Crippen molar-refractivity contribution >= 4 is 11.8 Å². The van der Waals surface area contributed by atoms with Crippen molar-refractivity contribution < 1.29 is 22.8 Å². The molecule has 2 atom stereocenters. The number of likely N-dealkylation sites (tertiary alicyclic amines) is 1. The lowest BCUT2D eigenvalue weighted by Crippen LogP contribution is -2.57. The van der Waals surface area contributed by atoms with Gasteiger partial charge in [-0.05, 0) is 37.1 Å². The van der Waals surface area contributed by atoms with E-state index < -0.39 is 11.7 Å². The Hall–Kier alpha value is -2.13. The van der Waals surface area contributed by atoms with Gasteiger partial charge in [-0.25, -0.2) is 5.43 Å². The van der Waals surface area contributed by atoms with Gasteiger partial charge in [0.15, 0.2) is 0 Å². The van der Waals surface area contributed by atoms with E-state index in [1.54, 1.807) is 0 Å². The van der Waals surface area contributed by atoms with Crippen LogP contribution in [0.3, 0.4) is 0 Å². The van der Waals surface area contributed by atoms with Crippen molar-refractivity contribution in [2.24, 2.45) is 5.92 Å². The molecule has 2 aliphatic rings. The molecule has 0 aromatic heterocycles. The van der Waals surface area contributed by atoms with Crippen molar-refractivity contribution in [3.63, 3.8) is 0 Å². The summed E-state index contributed by atoms with van der Waals surface area (Å²) in [6.07, 6.45) is -2.32. The number of halogens is 3. The van der Waals surface area contributed by atoms with E-state index in [1.807, 2.05) is 0 Å². The van der Waals surface area contributed by atoms with Gasteiger partial charge in [0.2, 0.25) is 11.8 Å². The average molecular weight is 384 g/mol. The predicted molar refractivity (Wildman–Crippen MR) is 92.1 cm³/mol. The van der Waals surface area contributed by atoms with Crippen LogP contribution in [0.5, 0.6) is 0 Å². The number of carbonyl (C=O) groups is 2. The second-order valence-electron chi connectivity index (χ2n) is 7.03. The summed E-state index contributed by atoms with van der Waals surface area (Å²) < 4.78 is 37.8. The summed E-state index contributed by atoms with van der Waals surface area (Å²) in [5, 5.41) is 2.82. The maximum absolute atomic E-state index is 12.6. The number of hydrazine groups is 1. The molecule has 9 heteroatoms. The summed E-state index contributed by atoms with van der Waals surface area (Å²) in [6.45, 7) is 2.27. The summed E-state index contributed by atoms with van der Waals surface area (Å²) in [5.74, 6) is -0.342. The molecular formula is C18H23F3N4O2. The first-order valence-electron chi connectivity index (χ1n) is 9.02. The van der Waals surface area contributed by atoms with E-state index in [9.17, 15) is 22.8 Å². The molecule has 0 saturated carbocycles. The van der Waals surface area contributed by atoms with Crippen LogP contribution in [0, 0.1) is 5.92 Å². The molecule has 1 aromatic carbocycles. The highest BCUT2D eigenvalue weighted by Gasteiger charge is 2.32. The smallest absolute Gasteiger partial charge is 0.352 e. The zero-order valence-corrected chi connectivity index (χ0v) is 14.8. The van der Waals surface area contributed by atoms with Crippen LogP contribution in [0.1, 0.15) is 30.4 Å². The molecule has 1 aromatic rings. The lowest BCUT2D eigenvalue weighted by Gasteiger charge is -2.39. The van der Waals surface area contributed by atoms with Crippen LogP contribution < -0.4 is 16.2 Å². The zero-order valence-electron chi connectivity index (χ0n) is 14.8. The van der Waals surface area contributed by atoms with Crippen molar-refractivity contribution in [1.29, 1.82) is 0 Å². The second kappa shape index (κ2) is 8.26. The number of piperidine rings is 1. The van der Waals surface area contributed by atoms with Crippen LogP contribution in [-0.4, -0.2) is 42.4 Å². The second-order valence-corrected chi connectivity index (χ2v) is 7.03. The Bertz CT molecular complexity index is 678. The Labute approximate surface area is 155 Å². The topological polar surface area (TPSA) is 73.5 Å². The molecule has 0 spiro atoms. The van der Waals surface area contributed by atoms with E-state index in [-0.39, 0.29) is 30.3 Å². The number of nitrogens with one attached hydrogen (secondary N) is 3. The Morgan fingerprint density at radius 2 is 2.00 bits per heavy atom. The summed E-state index contributed by atoms with van der Waals surface area (Å²) in [4.78, 5) is 26.2.